The predicted molar refractivity (Wildman–Crippen MR) is 108 cm³/mol. The van der Waals surface area contributed by atoms with E-state index in [-0.39, 0.29) is 30.6 Å². The Morgan fingerprint density at radius 2 is 1.67 bits per heavy atom. The summed E-state index contributed by atoms with van der Waals surface area (Å²) in [7, 11) is 0. The van der Waals surface area contributed by atoms with Gasteiger partial charge in [-0.3, -0.25) is 14.5 Å². The van der Waals surface area contributed by atoms with E-state index in [0.717, 1.165) is 18.9 Å². The molecule has 1 amide bonds. The maximum atomic E-state index is 12.9. The highest BCUT2D eigenvalue weighted by molar-refractivity contribution is 5.97. The molecule has 0 saturated carbocycles. The van der Waals surface area contributed by atoms with Crippen molar-refractivity contribution in [2.45, 2.75) is 44.4 Å². The molecule has 1 aliphatic rings. The molecule has 30 heavy (non-hydrogen) atoms. The molecule has 160 valence electrons. The number of likely N-dealkylation sites (tertiary alicyclic amines) is 1. The van der Waals surface area contributed by atoms with Gasteiger partial charge in [0.05, 0.1) is 5.56 Å². The van der Waals surface area contributed by atoms with Gasteiger partial charge in [0, 0.05) is 44.1 Å². The van der Waals surface area contributed by atoms with Gasteiger partial charge in [-0.25, -0.2) is 0 Å². The van der Waals surface area contributed by atoms with Crippen molar-refractivity contribution < 1.29 is 22.8 Å². The maximum Gasteiger partial charge on any atom is 0.416 e. The number of alkyl halides is 3. The van der Waals surface area contributed by atoms with Crippen LogP contribution in [0.2, 0.25) is 0 Å². The third-order valence-corrected chi connectivity index (χ3v) is 5.29. The number of benzene rings is 2. The number of carbonyl (C=O) groups is 2. The van der Waals surface area contributed by atoms with Gasteiger partial charge >= 0.3 is 6.18 Å². The molecule has 0 atom stereocenters. The fraction of sp³-hybridized carbons (Fsp3) is 0.391. The van der Waals surface area contributed by atoms with E-state index in [2.05, 4.69) is 10.2 Å². The van der Waals surface area contributed by atoms with E-state index in [1.54, 1.807) is 30.3 Å². The summed E-state index contributed by atoms with van der Waals surface area (Å²) in [5.41, 5.74) is 0.604. The highest BCUT2D eigenvalue weighted by atomic mass is 19.4. The van der Waals surface area contributed by atoms with Gasteiger partial charge in [0.25, 0.3) is 0 Å². The van der Waals surface area contributed by atoms with E-state index in [1.807, 2.05) is 6.07 Å². The quantitative estimate of drug-likeness (QED) is 0.676. The molecule has 1 fully saturated rings. The van der Waals surface area contributed by atoms with Crippen molar-refractivity contribution in [3.05, 3.63) is 71.3 Å². The van der Waals surface area contributed by atoms with Crippen LogP contribution in [0.1, 0.15) is 47.2 Å². The lowest BCUT2D eigenvalue weighted by Crippen LogP contribution is -2.44. The third kappa shape index (κ3) is 6.42. The van der Waals surface area contributed by atoms with Crippen LogP contribution in [0.25, 0.3) is 0 Å². The summed E-state index contributed by atoms with van der Waals surface area (Å²) < 4.78 is 38.6. The lowest BCUT2D eigenvalue weighted by molar-refractivity contribution is -0.137. The number of nitrogens with zero attached hydrogens (tertiary/aromatic N) is 1. The monoisotopic (exact) mass is 418 g/mol. The highest BCUT2D eigenvalue weighted by Crippen LogP contribution is 2.30. The smallest absolute Gasteiger partial charge is 0.353 e. The first-order chi connectivity index (χ1) is 14.3. The SMILES string of the molecule is O=C(CCC(=O)c1ccccc1)NC1CCN(Cc2cccc(C(F)(F)F)c2)CC1. The van der Waals surface area contributed by atoms with Gasteiger partial charge < -0.3 is 5.32 Å². The zero-order valence-electron chi connectivity index (χ0n) is 16.6. The molecule has 0 unspecified atom stereocenters. The molecule has 0 aromatic heterocycles. The number of hydrogen-bond donors (Lipinski definition) is 1. The topological polar surface area (TPSA) is 49.4 Å². The highest BCUT2D eigenvalue weighted by Gasteiger charge is 2.30. The minimum atomic E-state index is -4.34. The molecule has 1 saturated heterocycles. The van der Waals surface area contributed by atoms with E-state index in [4.69, 9.17) is 0 Å². The summed E-state index contributed by atoms with van der Waals surface area (Å²) >= 11 is 0. The number of ketones is 1. The molecule has 0 bridgehead atoms. The normalized spacial score (nSPS) is 15.7. The molecule has 3 rings (SSSR count). The van der Waals surface area contributed by atoms with Gasteiger partial charge in [0.2, 0.25) is 5.91 Å². The van der Waals surface area contributed by atoms with Gasteiger partial charge in [-0.1, -0.05) is 48.5 Å². The van der Waals surface area contributed by atoms with Crippen molar-refractivity contribution in [1.82, 2.24) is 10.2 Å². The van der Waals surface area contributed by atoms with E-state index >= 15 is 0 Å². The van der Waals surface area contributed by atoms with Crippen LogP contribution in [-0.4, -0.2) is 35.7 Å². The Balaban J connectivity index is 1.40. The Hall–Kier alpha value is -2.67. The lowest BCUT2D eigenvalue weighted by atomic mass is 10.0. The third-order valence-electron chi connectivity index (χ3n) is 5.29. The van der Waals surface area contributed by atoms with Crippen LogP contribution in [0.5, 0.6) is 0 Å². The molecule has 0 radical (unpaired) electrons. The van der Waals surface area contributed by atoms with E-state index in [0.29, 0.717) is 30.8 Å². The number of Topliss-reactive ketones (excluding diaryl/α,β-unsaturated/α-hetero) is 1. The summed E-state index contributed by atoms with van der Waals surface area (Å²) in [5, 5.41) is 2.97. The second-order valence-electron chi connectivity index (χ2n) is 7.61. The molecule has 7 heteroatoms. The fourth-order valence-electron chi connectivity index (χ4n) is 3.63. The number of hydrogen-bond acceptors (Lipinski definition) is 3. The molecular weight excluding hydrogens is 393 g/mol. The lowest BCUT2D eigenvalue weighted by Gasteiger charge is -2.32. The van der Waals surface area contributed by atoms with Crippen LogP contribution < -0.4 is 5.32 Å². The van der Waals surface area contributed by atoms with Gasteiger partial charge in [-0.2, -0.15) is 13.2 Å². The summed E-state index contributed by atoms with van der Waals surface area (Å²) in [5.74, 6) is -0.197. The van der Waals surface area contributed by atoms with Crippen molar-refractivity contribution >= 4 is 11.7 Å². The number of nitrogens with one attached hydrogen (secondary N) is 1. The Morgan fingerprint density at radius 3 is 2.33 bits per heavy atom. The zero-order chi connectivity index (χ0) is 21.6. The van der Waals surface area contributed by atoms with Crippen LogP contribution in [0, 0.1) is 0 Å². The Kier molecular flexibility index (Phi) is 7.26. The van der Waals surface area contributed by atoms with E-state index < -0.39 is 11.7 Å². The second-order valence-corrected chi connectivity index (χ2v) is 7.61. The summed E-state index contributed by atoms with van der Waals surface area (Å²) in [4.78, 5) is 26.3. The average Bonchev–Trinajstić information content (AvgIpc) is 2.74. The molecule has 1 aliphatic heterocycles. The minimum absolute atomic E-state index is 0.0297. The predicted octanol–water partition coefficient (Wildman–Crippen LogP) is 4.45. The zero-order valence-corrected chi connectivity index (χ0v) is 16.6. The van der Waals surface area contributed by atoms with Gasteiger partial charge in [-0.05, 0) is 24.5 Å². The molecule has 0 aliphatic carbocycles. The molecule has 2 aromatic carbocycles. The molecule has 1 N–H and O–H groups in total. The Labute approximate surface area is 174 Å². The van der Waals surface area contributed by atoms with Gasteiger partial charge in [0.1, 0.15) is 0 Å². The Morgan fingerprint density at radius 1 is 0.967 bits per heavy atom. The van der Waals surface area contributed by atoms with Crippen LogP contribution >= 0.6 is 0 Å². The summed E-state index contributed by atoms with van der Waals surface area (Å²) in [6, 6.07) is 14.3. The van der Waals surface area contributed by atoms with Crippen molar-refractivity contribution in [1.29, 1.82) is 0 Å². The standard InChI is InChI=1S/C23H25F3N2O2/c24-23(25,26)19-8-4-5-17(15-19)16-28-13-11-20(12-14-28)27-22(30)10-9-21(29)18-6-2-1-3-7-18/h1-8,15,20H,9-14,16H2,(H,27,30). The summed E-state index contributed by atoms with van der Waals surface area (Å²) in [6.07, 6.45) is -2.55. The number of rotatable bonds is 7. The molecule has 1 heterocycles. The van der Waals surface area contributed by atoms with Crippen LogP contribution in [-0.2, 0) is 17.5 Å². The van der Waals surface area contributed by atoms with E-state index in [1.165, 1.54) is 12.1 Å². The number of piperidine rings is 1. The van der Waals surface area contributed by atoms with E-state index in [9.17, 15) is 22.8 Å². The first kappa shape index (κ1) is 22.0. The first-order valence-electron chi connectivity index (χ1n) is 10.1. The number of carbonyl (C=O) groups excluding carboxylic acids is 2. The van der Waals surface area contributed by atoms with Crippen molar-refractivity contribution in [3.8, 4) is 0 Å². The van der Waals surface area contributed by atoms with Crippen LogP contribution in [0.15, 0.2) is 54.6 Å². The van der Waals surface area contributed by atoms with Crippen molar-refractivity contribution in [3.63, 3.8) is 0 Å². The van der Waals surface area contributed by atoms with Gasteiger partial charge in [0.15, 0.2) is 5.78 Å². The Bertz CT molecular complexity index is 860. The van der Waals surface area contributed by atoms with Crippen molar-refractivity contribution in [2.24, 2.45) is 0 Å². The molecule has 0 spiro atoms. The number of halogens is 3. The van der Waals surface area contributed by atoms with Gasteiger partial charge in [-0.15, -0.1) is 0 Å². The maximum absolute atomic E-state index is 12.9. The van der Waals surface area contributed by atoms with Crippen molar-refractivity contribution in [2.75, 3.05) is 13.1 Å². The van der Waals surface area contributed by atoms with Crippen LogP contribution in [0.4, 0.5) is 13.2 Å². The minimum Gasteiger partial charge on any atom is -0.353 e. The molecule has 2 aromatic rings. The average molecular weight is 418 g/mol. The molecule has 4 nitrogen and oxygen atoms in total. The second kappa shape index (κ2) is 9.89. The van der Waals surface area contributed by atoms with Crippen LogP contribution in [0.3, 0.4) is 0 Å². The largest absolute Gasteiger partial charge is 0.416 e. The number of amides is 1. The molecular formula is C23H25F3N2O2. The summed E-state index contributed by atoms with van der Waals surface area (Å²) in [6.45, 7) is 1.85. The first-order valence-corrected chi connectivity index (χ1v) is 10.1. The fourth-order valence-corrected chi connectivity index (χ4v) is 3.63.